The van der Waals surface area contributed by atoms with Gasteiger partial charge in [0.25, 0.3) is 5.91 Å². The molecule has 37 heavy (non-hydrogen) atoms. The molecular weight excluding hydrogens is 484 g/mol. The first-order valence-electron chi connectivity index (χ1n) is 12.1. The molecule has 0 spiro atoms. The Balaban J connectivity index is 1.41. The van der Waals surface area contributed by atoms with Gasteiger partial charge in [0, 0.05) is 59.6 Å². The molecule has 1 N–H and O–H groups in total. The molecule has 1 unspecified atom stereocenters. The standard InChI is InChI=1S/C29H28N4O3S/c1-32-16-18-33(19-17-32)27-11-10-26(21-28(27)36-24-12-14-30-15-13-24)37(35)25-9-5-8-23(20-25)31-29(34)22-6-3-2-4-7-22/h2-15,20-21H,16-19H2,1H3,(H,31,34). The minimum atomic E-state index is -1.47. The predicted molar refractivity (Wildman–Crippen MR) is 146 cm³/mol. The van der Waals surface area contributed by atoms with Crippen LogP contribution in [0.4, 0.5) is 11.4 Å². The number of nitrogens with one attached hydrogen (secondary N) is 1. The van der Waals surface area contributed by atoms with Crippen LogP contribution in [0.3, 0.4) is 0 Å². The number of likely N-dealkylation sites (N-methyl/N-ethyl adjacent to an activating group) is 1. The Labute approximate surface area is 219 Å². The van der Waals surface area contributed by atoms with Gasteiger partial charge in [-0.3, -0.25) is 9.78 Å². The summed E-state index contributed by atoms with van der Waals surface area (Å²) in [4.78, 5) is 22.4. The summed E-state index contributed by atoms with van der Waals surface area (Å²) < 4.78 is 19.9. The minimum Gasteiger partial charge on any atom is -0.455 e. The summed E-state index contributed by atoms with van der Waals surface area (Å²) >= 11 is 0. The Morgan fingerprint density at radius 2 is 1.59 bits per heavy atom. The lowest BCUT2D eigenvalue weighted by molar-refractivity contribution is 0.102. The number of anilines is 2. The first-order chi connectivity index (χ1) is 18.1. The van der Waals surface area contributed by atoms with E-state index in [4.69, 9.17) is 4.74 Å². The number of hydrogen-bond acceptors (Lipinski definition) is 6. The molecule has 1 amide bonds. The summed E-state index contributed by atoms with van der Waals surface area (Å²) in [6, 6.07) is 25.4. The van der Waals surface area contributed by atoms with Gasteiger partial charge in [0.15, 0.2) is 5.75 Å². The molecule has 0 aliphatic carbocycles. The van der Waals surface area contributed by atoms with Gasteiger partial charge in [0.05, 0.1) is 16.5 Å². The molecule has 5 rings (SSSR count). The molecule has 1 aromatic heterocycles. The van der Waals surface area contributed by atoms with Crippen LogP contribution in [0.5, 0.6) is 11.5 Å². The highest BCUT2D eigenvalue weighted by Gasteiger charge is 2.20. The van der Waals surface area contributed by atoms with Crippen molar-refractivity contribution in [3.8, 4) is 11.5 Å². The van der Waals surface area contributed by atoms with Gasteiger partial charge < -0.3 is 19.9 Å². The number of amides is 1. The van der Waals surface area contributed by atoms with Gasteiger partial charge in [0.2, 0.25) is 0 Å². The van der Waals surface area contributed by atoms with Crippen LogP contribution in [0.15, 0.2) is 107 Å². The van der Waals surface area contributed by atoms with Crippen molar-refractivity contribution in [2.45, 2.75) is 9.79 Å². The third-order valence-corrected chi connectivity index (χ3v) is 7.57. The molecule has 8 heteroatoms. The van der Waals surface area contributed by atoms with Crippen LogP contribution < -0.4 is 15.0 Å². The lowest BCUT2D eigenvalue weighted by Crippen LogP contribution is -2.44. The maximum atomic E-state index is 13.6. The van der Waals surface area contributed by atoms with Crippen molar-refractivity contribution >= 4 is 28.1 Å². The summed E-state index contributed by atoms with van der Waals surface area (Å²) in [5.41, 5.74) is 2.11. The Kier molecular flexibility index (Phi) is 7.58. The summed E-state index contributed by atoms with van der Waals surface area (Å²) in [7, 11) is 0.645. The van der Waals surface area contributed by atoms with Crippen molar-refractivity contribution in [1.82, 2.24) is 9.88 Å². The number of carbonyl (C=O) groups is 1. The van der Waals surface area contributed by atoms with E-state index >= 15 is 0 Å². The number of hydrogen-bond donors (Lipinski definition) is 1. The van der Waals surface area contributed by atoms with Gasteiger partial charge >= 0.3 is 0 Å². The fourth-order valence-electron chi connectivity index (χ4n) is 4.15. The number of benzene rings is 3. The third kappa shape index (κ3) is 6.04. The van der Waals surface area contributed by atoms with Crippen molar-refractivity contribution in [3.05, 3.63) is 103 Å². The topological polar surface area (TPSA) is 74.8 Å². The molecule has 1 atom stereocenters. The Morgan fingerprint density at radius 3 is 2.35 bits per heavy atom. The monoisotopic (exact) mass is 512 g/mol. The summed E-state index contributed by atoms with van der Waals surface area (Å²) in [5, 5.41) is 2.89. The second kappa shape index (κ2) is 11.4. The highest BCUT2D eigenvalue weighted by Crippen LogP contribution is 2.35. The molecule has 0 bridgehead atoms. The molecule has 1 aliphatic heterocycles. The highest BCUT2D eigenvalue weighted by atomic mass is 32.2. The minimum absolute atomic E-state index is 0.215. The molecule has 1 saturated heterocycles. The first kappa shape index (κ1) is 24.7. The van der Waals surface area contributed by atoms with Crippen molar-refractivity contribution in [2.75, 3.05) is 43.4 Å². The molecular formula is C29H28N4O3S. The van der Waals surface area contributed by atoms with Gasteiger partial charge in [0.1, 0.15) is 5.75 Å². The Hall–Kier alpha value is -4.01. The van der Waals surface area contributed by atoms with Gasteiger partial charge in [-0.25, -0.2) is 4.21 Å². The van der Waals surface area contributed by atoms with Crippen LogP contribution in [0.25, 0.3) is 0 Å². The molecule has 7 nitrogen and oxygen atoms in total. The highest BCUT2D eigenvalue weighted by molar-refractivity contribution is 7.85. The predicted octanol–water partition coefficient (Wildman–Crippen LogP) is 5.04. The zero-order valence-corrected chi connectivity index (χ0v) is 21.4. The van der Waals surface area contributed by atoms with E-state index in [1.54, 1.807) is 60.9 Å². The average Bonchev–Trinajstić information content (AvgIpc) is 2.94. The fourth-order valence-corrected chi connectivity index (χ4v) is 5.27. The molecule has 4 aromatic rings. The molecule has 1 aliphatic rings. The van der Waals surface area contributed by atoms with Gasteiger partial charge in [-0.05, 0) is 67.7 Å². The number of nitrogens with zero attached hydrogens (tertiary/aromatic N) is 3. The molecule has 1 fully saturated rings. The van der Waals surface area contributed by atoms with E-state index < -0.39 is 10.8 Å². The zero-order valence-electron chi connectivity index (χ0n) is 20.5. The van der Waals surface area contributed by atoms with Gasteiger partial charge in [-0.2, -0.15) is 0 Å². The number of carbonyl (C=O) groups excluding carboxylic acids is 1. The fraction of sp³-hybridized carbons (Fsp3) is 0.172. The van der Waals surface area contributed by atoms with E-state index in [9.17, 15) is 9.00 Å². The van der Waals surface area contributed by atoms with Crippen LogP contribution in [-0.2, 0) is 10.8 Å². The van der Waals surface area contributed by atoms with Gasteiger partial charge in [-0.1, -0.05) is 24.3 Å². The van der Waals surface area contributed by atoms with Crippen molar-refractivity contribution < 1.29 is 13.7 Å². The maximum absolute atomic E-state index is 13.6. The molecule has 188 valence electrons. The number of piperazine rings is 1. The molecule has 0 radical (unpaired) electrons. The normalized spacial score (nSPS) is 14.7. The quantitative estimate of drug-likeness (QED) is 0.374. The van der Waals surface area contributed by atoms with Crippen LogP contribution in [0.2, 0.25) is 0 Å². The summed E-state index contributed by atoms with van der Waals surface area (Å²) in [5.74, 6) is 1.10. The van der Waals surface area contributed by atoms with Crippen molar-refractivity contribution in [3.63, 3.8) is 0 Å². The van der Waals surface area contributed by atoms with Crippen LogP contribution in [-0.4, -0.2) is 53.2 Å². The number of rotatable bonds is 7. The van der Waals surface area contributed by atoms with E-state index in [0.717, 1.165) is 31.9 Å². The number of aromatic nitrogens is 1. The lowest BCUT2D eigenvalue weighted by Gasteiger charge is -2.35. The Morgan fingerprint density at radius 1 is 0.865 bits per heavy atom. The second-order valence-corrected chi connectivity index (χ2v) is 10.3. The average molecular weight is 513 g/mol. The smallest absolute Gasteiger partial charge is 0.255 e. The van der Waals surface area contributed by atoms with E-state index in [1.807, 2.05) is 36.4 Å². The third-order valence-electron chi connectivity index (χ3n) is 6.21. The van der Waals surface area contributed by atoms with Crippen LogP contribution in [0.1, 0.15) is 10.4 Å². The summed E-state index contributed by atoms with van der Waals surface area (Å²) in [6.07, 6.45) is 3.37. The zero-order chi connectivity index (χ0) is 25.6. The maximum Gasteiger partial charge on any atom is 0.255 e. The van der Waals surface area contributed by atoms with E-state index in [1.165, 1.54) is 0 Å². The van der Waals surface area contributed by atoms with E-state index in [2.05, 4.69) is 27.1 Å². The van der Waals surface area contributed by atoms with Crippen LogP contribution >= 0.6 is 0 Å². The second-order valence-electron chi connectivity index (χ2n) is 8.82. The van der Waals surface area contributed by atoms with E-state index in [-0.39, 0.29) is 5.91 Å². The van der Waals surface area contributed by atoms with E-state index in [0.29, 0.717) is 32.5 Å². The number of ether oxygens (including phenoxy) is 1. The largest absolute Gasteiger partial charge is 0.455 e. The number of pyridine rings is 1. The molecule has 2 heterocycles. The van der Waals surface area contributed by atoms with Crippen LogP contribution in [0, 0.1) is 0 Å². The molecule has 3 aromatic carbocycles. The van der Waals surface area contributed by atoms with Gasteiger partial charge in [-0.15, -0.1) is 0 Å². The summed E-state index contributed by atoms with van der Waals surface area (Å²) in [6.45, 7) is 3.69. The van der Waals surface area contributed by atoms with Crippen molar-refractivity contribution in [1.29, 1.82) is 0 Å². The Bertz CT molecular complexity index is 1390. The SMILES string of the molecule is CN1CCN(c2ccc(S(=O)c3cccc(NC(=O)c4ccccc4)c3)cc2Oc2ccncc2)CC1. The lowest BCUT2D eigenvalue weighted by atomic mass is 10.2. The molecule has 0 saturated carbocycles. The van der Waals surface area contributed by atoms with Crippen molar-refractivity contribution in [2.24, 2.45) is 0 Å². The first-order valence-corrected chi connectivity index (χ1v) is 13.3.